The van der Waals surface area contributed by atoms with Crippen molar-refractivity contribution in [2.75, 3.05) is 23.7 Å². The Kier molecular flexibility index (Phi) is 7.42. The Morgan fingerprint density at radius 2 is 1.42 bits per heavy atom. The first kappa shape index (κ1) is 21.6. The minimum atomic E-state index is -0.233. The maximum atomic E-state index is 12.2. The Morgan fingerprint density at radius 3 is 2.00 bits per heavy atom. The van der Waals surface area contributed by atoms with Crippen molar-refractivity contribution >= 4 is 29.1 Å². The average molecular weight is 420 g/mol. The monoisotopic (exact) mass is 420 g/mol. The van der Waals surface area contributed by atoms with Gasteiger partial charge in [-0.25, -0.2) is 0 Å². The summed E-state index contributed by atoms with van der Waals surface area (Å²) in [6.07, 6.45) is 1.55. The third-order valence-electron chi connectivity index (χ3n) is 4.37. The fourth-order valence-electron chi connectivity index (χ4n) is 2.78. The molecule has 0 saturated heterocycles. The van der Waals surface area contributed by atoms with Gasteiger partial charge in [0, 0.05) is 29.0 Å². The van der Waals surface area contributed by atoms with Crippen LogP contribution in [0.2, 0.25) is 0 Å². The Labute approximate surface area is 180 Å². The number of anilines is 2. The highest BCUT2D eigenvalue weighted by atomic mass is 16.3. The van der Waals surface area contributed by atoms with Crippen molar-refractivity contribution in [3.8, 4) is 0 Å². The van der Waals surface area contributed by atoms with Crippen LogP contribution in [0.15, 0.2) is 71.3 Å². The van der Waals surface area contributed by atoms with E-state index in [4.69, 9.17) is 4.42 Å². The molecule has 0 saturated carbocycles. The molecule has 0 unspecified atom stereocenters. The largest absolute Gasteiger partial charge is 0.467 e. The number of furan rings is 1. The zero-order valence-corrected chi connectivity index (χ0v) is 17.1. The standard InChI is InChI=1S/C23H24N4O4/c1-2-24-22(29)16-5-9-18(10-6-16)25-15-21(28)27-19-11-7-17(8-12-19)23(30)26-14-20-4-3-13-31-20/h3-13,25H,2,14-15H2,1H3,(H,24,29)(H,26,30)(H,27,28). The van der Waals surface area contributed by atoms with E-state index in [0.29, 0.717) is 35.7 Å². The third-order valence-corrected chi connectivity index (χ3v) is 4.37. The number of hydrogen-bond donors (Lipinski definition) is 4. The summed E-state index contributed by atoms with van der Waals surface area (Å²) < 4.78 is 5.18. The zero-order chi connectivity index (χ0) is 22.1. The molecule has 0 radical (unpaired) electrons. The highest BCUT2D eigenvalue weighted by Crippen LogP contribution is 2.12. The number of rotatable bonds is 9. The summed E-state index contributed by atoms with van der Waals surface area (Å²) in [5, 5.41) is 11.3. The van der Waals surface area contributed by atoms with Crippen LogP contribution in [0.1, 0.15) is 33.4 Å². The van der Waals surface area contributed by atoms with Crippen LogP contribution < -0.4 is 21.3 Å². The minimum absolute atomic E-state index is 0.0614. The molecule has 0 bridgehead atoms. The van der Waals surface area contributed by atoms with Gasteiger partial charge in [0.15, 0.2) is 0 Å². The maximum absolute atomic E-state index is 12.2. The van der Waals surface area contributed by atoms with Gasteiger partial charge in [-0.2, -0.15) is 0 Å². The molecule has 3 amide bonds. The van der Waals surface area contributed by atoms with E-state index in [2.05, 4.69) is 21.3 Å². The van der Waals surface area contributed by atoms with Gasteiger partial charge < -0.3 is 25.7 Å². The molecule has 0 aliphatic rings. The first-order valence-electron chi connectivity index (χ1n) is 9.88. The molecule has 3 aromatic rings. The Morgan fingerprint density at radius 1 is 0.806 bits per heavy atom. The van der Waals surface area contributed by atoms with Gasteiger partial charge in [-0.1, -0.05) is 0 Å². The molecule has 0 atom stereocenters. The molecular weight excluding hydrogens is 396 g/mol. The van der Waals surface area contributed by atoms with Crippen molar-refractivity contribution in [2.24, 2.45) is 0 Å². The fourth-order valence-corrected chi connectivity index (χ4v) is 2.78. The van der Waals surface area contributed by atoms with Gasteiger partial charge in [0.1, 0.15) is 5.76 Å². The van der Waals surface area contributed by atoms with Gasteiger partial charge in [0.05, 0.1) is 19.4 Å². The molecule has 8 heteroatoms. The molecule has 0 aliphatic carbocycles. The van der Waals surface area contributed by atoms with Gasteiger partial charge in [0.2, 0.25) is 5.91 Å². The summed E-state index contributed by atoms with van der Waals surface area (Å²) in [4.78, 5) is 36.1. The number of carbonyl (C=O) groups excluding carboxylic acids is 3. The second-order valence-electron chi connectivity index (χ2n) is 6.68. The van der Waals surface area contributed by atoms with Crippen LogP contribution >= 0.6 is 0 Å². The molecule has 3 rings (SSSR count). The lowest BCUT2D eigenvalue weighted by atomic mass is 10.2. The van der Waals surface area contributed by atoms with E-state index in [1.54, 1.807) is 66.9 Å². The summed E-state index contributed by atoms with van der Waals surface area (Å²) in [5.41, 5.74) is 2.35. The highest BCUT2D eigenvalue weighted by molar-refractivity contribution is 5.97. The van der Waals surface area contributed by atoms with Gasteiger partial charge in [-0.05, 0) is 67.6 Å². The number of amides is 3. The third kappa shape index (κ3) is 6.46. The second kappa shape index (κ2) is 10.6. The Balaban J connectivity index is 1.45. The lowest BCUT2D eigenvalue weighted by Crippen LogP contribution is -2.23. The minimum Gasteiger partial charge on any atom is -0.467 e. The van der Waals surface area contributed by atoms with Gasteiger partial charge in [-0.3, -0.25) is 14.4 Å². The zero-order valence-electron chi connectivity index (χ0n) is 17.1. The van der Waals surface area contributed by atoms with E-state index in [1.807, 2.05) is 6.92 Å². The Hall–Kier alpha value is -4.07. The highest BCUT2D eigenvalue weighted by Gasteiger charge is 2.08. The number of benzene rings is 2. The summed E-state index contributed by atoms with van der Waals surface area (Å²) in [7, 11) is 0. The van der Waals surface area contributed by atoms with Crippen molar-refractivity contribution in [3.63, 3.8) is 0 Å². The average Bonchev–Trinajstić information content (AvgIpc) is 3.31. The smallest absolute Gasteiger partial charge is 0.251 e. The van der Waals surface area contributed by atoms with Gasteiger partial charge in [-0.15, -0.1) is 0 Å². The van der Waals surface area contributed by atoms with E-state index in [1.165, 1.54) is 0 Å². The van der Waals surface area contributed by atoms with Crippen LogP contribution in [0, 0.1) is 0 Å². The first-order valence-corrected chi connectivity index (χ1v) is 9.88. The van der Waals surface area contributed by atoms with E-state index >= 15 is 0 Å². The van der Waals surface area contributed by atoms with E-state index in [9.17, 15) is 14.4 Å². The van der Waals surface area contributed by atoms with Crippen molar-refractivity contribution in [2.45, 2.75) is 13.5 Å². The van der Waals surface area contributed by atoms with Crippen LogP contribution in [-0.2, 0) is 11.3 Å². The molecule has 4 N–H and O–H groups in total. The van der Waals surface area contributed by atoms with Crippen molar-refractivity contribution < 1.29 is 18.8 Å². The maximum Gasteiger partial charge on any atom is 0.251 e. The first-order chi connectivity index (χ1) is 15.0. The number of hydrogen-bond acceptors (Lipinski definition) is 5. The van der Waals surface area contributed by atoms with Crippen LogP contribution in [0.25, 0.3) is 0 Å². The number of carbonyl (C=O) groups is 3. The normalized spacial score (nSPS) is 10.2. The summed E-state index contributed by atoms with van der Waals surface area (Å²) in [6, 6.07) is 17.0. The van der Waals surface area contributed by atoms with Crippen LogP contribution in [0.4, 0.5) is 11.4 Å². The molecule has 160 valence electrons. The molecular formula is C23H24N4O4. The van der Waals surface area contributed by atoms with Crippen molar-refractivity contribution in [3.05, 3.63) is 83.8 Å². The second-order valence-corrected chi connectivity index (χ2v) is 6.68. The van der Waals surface area contributed by atoms with E-state index in [-0.39, 0.29) is 24.3 Å². The number of nitrogens with one attached hydrogen (secondary N) is 4. The van der Waals surface area contributed by atoms with Crippen LogP contribution in [0.3, 0.4) is 0 Å². The lowest BCUT2D eigenvalue weighted by Gasteiger charge is -2.09. The van der Waals surface area contributed by atoms with Gasteiger partial charge in [0.25, 0.3) is 11.8 Å². The van der Waals surface area contributed by atoms with Crippen LogP contribution in [-0.4, -0.2) is 30.8 Å². The summed E-state index contributed by atoms with van der Waals surface area (Å²) >= 11 is 0. The predicted molar refractivity (Wildman–Crippen MR) is 118 cm³/mol. The quantitative estimate of drug-likeness (QED) is 0.425. The Bertz CT molecular complexity index is 1010. The summed E-state index contributed by atoms with van der Waals surface area (Å²) in [5.74, 6) is 0.0725. The molecule has 0 fully saturated rings. The predicted octanol–water partition coefficient (Wildman–Crippen LogP) is 3.01. The lowest BCUT2D eigenvalue weighted by molar-refractivity contribution is -0.114. The molecule has 31 heavy (non-hydrogen) atoms. The van der Waals surface area contributed by atoms with Crippen LogP contribution in [0.5, 0.6) is 0 Å². The molecule has 2 aromatic carbocycles. The van der Waals surface area contributed by atoms with Gasteiger partial charge >= 0.3 is 0 Å². The van der Waals surface area contributed by atoms with Crippen molar-refractivity contribution in [1.82, 2.24) is 10.6 Å². The molecule has 0 aliphatic heterocycles. The van der Waals surface area contributed by atoms with E-state index < -0.39 is 0 Å². The van der Waals surface area contributed by atoms with Crippen molar-refractivity contribution in [1.29, 1.82) is 0 Å². The molecule has 0 spiro atoms. The molecule has 1 heterocycles. The topological polar surface area (TPSA) is 112 Å². The fraction of sp³-hybridized carbons (Fsp3) is 0.174. The SMILES string of the molecule is CCNC(=O)c1ccc(NCC(=O)Nc2ccc(C(=O)NCc3ccco3)cc2)cc1. The molecule has 1 aromatic heterocycles. The molecule has 8 nitrogen and oxygen atoms in total. The summed E-state index contributed by atoms with van der Waals surface area (Å²) in [6.45, 7) is 2.79. The van der Waals surface area contributed by atoms with E-state index in [0.717, 1.165) is 5.69 Å².